The minimum Gasteiger partial charge on any atom is -0.494 e. The number of carbonyl (C=O) groups is 1. The average molecular weight is 380 g/mol. The molecule has 3 rings (SSSR count). The van der Waals surface area contributed by atoms with Gasteiger partial charge in [0.25, 0.3) is 0 Å². The van der Waals surface area contributed by atoms with Gasteiger partial charge in [0, 0.05) is 23.7 Å². The van der Waals surface area contributed by atoms with Crippen molar-refractivity contribution in [3.8, 4) is 5.75 Å². The van der Waals surface area contributed by atoms with E-state index in [0.717, 1.165) is 27.1 Å². The topological polar surface area (TPSA) is 69.0 Å². The highest BCUT2D eigenvalue weighted by molar-refractivity contribution is 7.99. The summed E-state index contributed by atoms with van der Waals surface area (Å²) >= 11 is 1.51. The number of hydrogen-bond acceptors (Lipinski definition) is 5. The highest BCUT2D eigenvalue weighted by Crippen LogP contribution is 2.26. The molecule has 1 amide bonds. The maximum atomic E-state index is 12.1. The number of carbonyl (C=O) groups excluding carboxylic acids is 1. The third-order valence-electron chi connectivity index (χ3n) is 3.62. The van der Waals surface area contributed by atoms with Crippen LogP contribution in [-0.4, -0.2) is 27.3 Å². The van der Waals surface area contributed by atoms with Crippen LogP contribution >= 0.6 is 11.8 Å². The Bertz CT molecular complexity index is 918. The molecule has 0 aliphatic carbocycles. The fourth-order valence-corrected chi connectivity index (χ4v) is 3.04. The largest absolute Gasteiger partial charge is 0.494 e. The Kier molecular flexibility index (Phi) is 6.27. The molecule has 0 bridgehead atoms. The number of aryl methyl sites for hydroxylation is 1. The summed E-state index contributed by atoms with van der Waals surface area (Å²) in [6.07, 6.45) is 4.94. The zero-order chi connectivity index (χ0) is 19.1. The lowest BCUT2D eigenvalue weighted by Crippen LogP contribution is -2.07. The summed E-state index contributed by atoms with van der Waals surface area (Å²) in [7, 11) is 1.90. The number of benzene rings is 2. The van der Waals surface area contributed by atoms with Crippen LogP contribution in [0, 0.1) is 0 Å². The maximum absolute atomic E-state index is 12.1. The molecule has 1 N–H and O–H groups in total. The summed E-state index contributed by atoms with van der Waals surface area (Å²) < 4.78 is 7.25. The Morgan fingerprint density at radius 3 is 2.56 bits per heavy atom. The van der Waals surface area contributed by atoms with Gasteiger partial charge >= 0.3 is 0 Å². The number of amides is 1. The molecule has 0 atom stereocenters. The lowest BCUT2D eigenvalue weighted by Gasteiger charge is -2.05. The highest BCUT2D eigenvalue weighted by atomic mass is 32.2. The molecule has 7 heteroatoms. The third-order valence-corrected chi connectivity index (χ3v) is 4.68. The molecule has 0 radical (unpaired) electrons. The second-order valence-electron chi connectivity index (χ2n) is 5.68. The standard InChI is InChI=1S/C20H20N4O2S/c1-3-26-17-9-4-15(5-10-17)6-13-19(25)22-16-7-11-18(12-8-16)27-20-23-21-14-24(20)2/h4-14H,3H2,1-2H3,(H,22,25)/b13-6+. The molecule has 1 heterocycles. The summed E-state index contributed by atoms with van der Waals surface area (Å²) in [6.45, 7) is 2.58. The van der Waals surface area contributed by atoms with Crippen molar-refractivity contribution in [2.24, 2.45) is 7.05 Å². The van der Waals surface area contributed by atoms with E-state index in [1.165, 1.54) is 17.8 Å². The van der Waals surface area contributed by atoms with E-state index in [4.69, 9.17) is 4.74 Å². The first kappa shape index (κ1) is 18.7. The van der Waals surface area contributed by atoms with E-state index in [1.807, 2.05) is 67.1 Å². The van der Waals surface area contributed by atoms with Crippen molar-refractivity contribution in [3.05, 3.63) is 66.5 Å². The minimum atomic E-state index is -0.183. The van der Waals surface area contributed by atoms with Crippen molar-refractivity contribution in [1.29, 1.82) is 0 Å². The molecule has 0 unspecified atom stereocenters. The van der Waals surface area contributed by atoms with Crippen LogP contribution in [0.15, 0.2) is 71.0 Å². The number of nitrogens with zero attached hydrogens (tertiary/aromatic N) is 3. The fourth-order valence-electron chi connectivity index (χ4n) is 2.27. The summed E-state index contributed by atoms with van der Waals surface area (Å²) in [5, 5.41) is 11.6. The monoisotopic (exact) mass is 380 g/mol. The summed E-state index contributed by atoms with van der Waals surface area (Å²) in [6, 6.07) is 15.2. The van der Waals surface area contributed by atoms with Gasteiger partial charge < -0.3 is 14.6 Å². The predicted octanol–water partition coefficient (Wildman–Crippen LogP) is 4.02. The van der Waals surface area contributed by atoms with E-state index in [9.17, 15) is 4.79 Å². The molecule has 0 fully saturated rings. The second-order valence-corrected chi connectivity index (χ2v) is 6.72. The first-order valence-electron chi connectivity index (χ1n) is 8.48. The van der Waals surface area contributed by atoms with Crippen LogP contribution in [0.25, 0.3) is 6.08 Å². The Labute approximate surface area is 162 Å². The lowest BCUT2D eigenvalue weighted by atomic mass is 10.2. The van der Waals surface area contributed by atoms with Crippen molar-refractivity contribution >= 4 is 29.4 Å². The van der Waals surface area contributed by atoms with Crippen LogP contribution in [0.5, 0.6) is 5.75 Å². The number of hydrogen-bond donors (Lipinski definition) is 1. The molecular weight excluding hydrogens is 360 g/mol. The number of ether oxygens (including phenoxy) is 1. The Hall–Kier alpha value is -3.06. The quantitative estimate of drug-likeness (QED) is 0.627. The van der Waals surface area contributed by atoms with E-state index in [-0.39, 0.29) is 5.91 Å². The molecule has 138 valence electrons. The molecule has 27 heavy (non-hydrogen) atoms. The van der Waals surface area contributed by atoms with Crippen molar-refractivity contribution in [2.75, 3.05) is 11.9 Å². The van der Waals surface area contributed by atoms with Crippen molar-refractivity contribution < 1.29 is 9.53 Å². The van der Waals surface area contributed by atoms with Crippen molar-refractivity contribution in [1.82, 2.24) is 14.8 Å². The van der Waals surface area contributed by atoms with Crippen LogP contribution in [0.3, 0.4) is 0 Å². The van der Waals surface area contributed by atoms with Gasteiger partial charge in [-0.3, -0.25) is 4.79 Å². The summed E-state index contributed by atoms with van der Waals surface area (Å²) in [4.78, 5) is 13.1. The zero-order valence-corrected chi connectivity index (χ0v) is 15.9. The van der Waals surface area contributed by atoms with E-state index < -0.39 is 0 Å². The normalized spacial score (nSPS) is 10.9. The van der Waals surface area contributed by atoms with Gasteiger partial charge in [-0.2, -0.15) is 0 Å². The average Bonchev–Trinajstić information content (AvgIpc) is 3.08. The molecule has 0 aliphatic rings. The molecule has 3 aromatic rings. The van der Waals surface area contributed by atoms with Crippen LogP contribution in [0.1, 0.15) is 12.5 Å². The van der Waals surface area contributed by atoms with Crippen LogP contribution in [0.4, 0.5) is 5.69 Å². The molecule has 0 spiro atoms. The van der Waals surface area contributed by atoms with Gasteiger partial charge in [0.15, 0.2) is 5.16 Å². The van der Waals surface area contributed by atoms with Gasteiger partial charge in [-0.15, -0.1) is 10.2 Å². The van der Waals surface area contributed by atoms with Gasteiger partial charge in [-0.25, -0.2) is 0 Å². The van der Waals surface area contributed by atoms with E-state index in [0.29, 0.717) is 6.61 Å². The summed E-state index contributed by atoms with van der Waals surface area (Å²) in [5.41, 5.74) is 1.67. The second kappa shape index (κ2) is 9.05. The smallest absolute Gasteiger partial charge is 0.248 e. The molecule has 0 saturated carbocycles. The molecule has 0 aliphatic heterocycles. The highest BCUT2D eigenvalue weighted by Gasteiger charge is 2.04. The molecular formula is C20H20N4O2S. The van der Waals surface area contributed by atoms with Crippen molar-refractivity contribution in [3.63, 3.8) is 0 Å². The van der Waals surface area contributed by atoms with Crippen LogP contribution < -0.4 is 10.1 Å². The fraction of sp³-hybridized carbons (Fsp3) is 0.150. The minimum absolute atomic E-state index is 0.183. The van der Waals surface area contributed by atoms with Gasteiger partial charge in [0.1, 0.15) is 12.1 Å². The van der Waals surface area contributed by atoms with E-state index >= 15 is 0 Å². The Morgan fingerprint density at radius 1 is 1.19 bits per heavy atom. The van der Waals surface area contributed by atoms with Crippen molar-refractivity contribution in [2.45, 2.75) is 17.0 Å². The summed E-state index contributed by atoms with van der Waals surface area (Å²) in [5.74, 6) is 0.635. The van der Waals surface area contributed by atoms with Gasteiger partial charge in [0.2, 0.25) is 5.91 Å². The first-order chi connectivity index (χ1) is 13.1. The number of nitrogens with one attached hydrogen (secondary N) is 1. The van der Waals surface area contributed by atoms with Gasteiger partial charge in [-0.05, 0) is 66.7 Å². The lowest BCUT2D eigenvalue weighted by molar-refractivity contribution is -0.111. The maximum Gasteiger partial charge on any atom is 0.248 e. The molecule has 6 nitrogen and oxygen atoms in total. The third kappa shape index (κ3) is 5.46. The SMILES string of the molecule is CCOc1ccc(/C=C/C(=O)Nc2ccc(Sc3nncn3C)cc2)cc1. The van der Waals surface area contributed by atoms with Gasteiger partial charge in [-0.1, -0.05) is 12.1 Å². The molecule has 2 aromatic carbocycles. The zero-order valence-electron chi connectivity index (χ0n) is 15.1. The Balaban J connectivity index is 1.55. The number of anilines is 1. The first-order valence-corrected chi connectivity index (χ1v) is 9.29. The van der Waals surface area contributed by atoms with E-state index in [2.05, 4.69) is 15.5 Å². The number of rotatable bonds is 7. The van der Waals surface area contributed by atoms with Crippen LogP contribution in [0.2, 0.25) is 0 Å². The predicted molar refractivity (Wildman–Crippen MR) is 107 cm³/mol. The molecule has 0 saturated heterocycles. The van der Waals surface area contributed by atoms with E-state index in [1.54, 1.807) is 12.4 Å². The van der Waals surface area contributed by atoms with Gasteiger partial charge in [0.05, 0.1) is 6.61 Å². The Morgan fingerprint density at radius 2 is 1.93 bits per heavy atom. The number of aromatic nitrogens is 3. The molecule has 1 aromatic heterocycles. The van der Waals surface area contributed by atoms with Crippen LogP contribution in [-0.2, 0) is 11.8 Å².